The summed E-state index contributed by atoms with van der Waals surface area (Å²) < 4.78 is 10.1. The van der Waals surface area contributed by atoms with Gasteiger partial charge in [0.15, 0.2) is 5.11 Å². The number of methoxy groups -OCH3 is 1. The lowest BCUT2D eigenvalue weighted by molar-refractivity contribution is 0.0601. The average Bonchev–Trinajstić information content (AvgIpc) is 2.78. The number of esters is 1. The zero-order chi connectivity index (χ0) is 14.8. The minimum atomic E-state index is -0.354. The van der Waals surface area contributed by atoms with Crippen LogP contribution in [0.2, 0.25) is 0 Å². The van der Waals surface area contributed by atoms with Crippen molar-refractivity contribution in [3.63, 3.8) is 0 Å². The van der Waals surface area contributed by atoms with Crippen LogP contribution in [0.25, 0.3) is 0 Å². The first-order chi connectivity index (χ1) is 9.44. The minimum Gasteiger partial charge on any atom is -0.465 e. The van der Waals surface area contributed by atoms with Gasteiger partial charge in [0.05, 0.1) is 24.8 Å². The van der Waals surface area contributed by atoms with Gasteiger partial charge in [0.25, 0.3) is 0 Å². The highest BCUT2D eigenvalue weighted by atomic mass is 32.1. The third kappa shape index (κ3) is 3.08. The van der Waals surface area contributed by atoms with Gasteiger partial charge in [-0.1, -0.05) is 0 Å². The third-order valence-corrected chi connectivity index (χ3v) is 3.53. The van der Waals surface area contributed by atoms with E-state index in [4.69, 9.17) is 17.0 Å². The molecule has 1 aromatic rings. The molecule has 20 heavy (non-hydrogen) atoms. The number of carbonyl (C=O) groups excluding carboxylic acids is 1. The van der Waals surface area contributed by atoms with Gasteiger partial charge in [-0.3, -0.25) is 0 Å². The Morgan fingerprint density at radius 1 is 1.40 bits per heavy atom. The van der Waals surface area contributed by atoms with E-state index in [1.807, 2.05) is 4.90 Å². The van der Waals surface area contributed by atoms with Crippen LogP contribution >= 0.6 is 12.2 Å². The Kier molecular flexibility index (Phi) is 4.25. The van der Waals surface area contributed by atoms with Crippen molar-refractivity contribution < 1.29 is 14.3 Å². The number of nitrogens with zero attached hydrogens (tertiary/aromatic N) is 1. The summed E-state index contributed by atoms with van der Waals surface area (Å²) in [6, 6.07) is 6.98. The Morgan fingerprint density at radius 3 is 2.55 bits per heavy atom. The maximum absolute atomic E-state index is 11.3. The van der Waals surface area contributed by atoms with E-state index in [9.17, 15) is 4.79 Å². The Labute approximate surface area is 123 Å². The first kappa shape index (κ1) is 14.7. The van der Waals surface area contributed by atoms with Crippen LogP contribution in [0.1, 0.15) is 24.2 Å². The van der Waals surface area contributed by atoms with Crippen molar-refractivity contribution in [2.24, 2.45) is 0 Å². The molecule has 0 radical (unpaired) electrons. The molecule has 1 N–H and O–H groups in total. The molecular weight excluding hydrogens is 276 g/mol. The number of hydrogen-bond acceptors (Lipinski definition) is 4. The molecule has 0 spiro atoms. The van der Waals surface area contributed by atoms with Crippen molar-refractivity contribution in [1.82, 2.24) is 4.90 Å². The van der Waals surface area contributed by atoms with Gasteiger partial charge in [0.1, 0.15) is 6.73 Å². The zero-order valence-corrected chi connectivity index (χ0v) is 12.6. The maximum Gasteiger partial charge on any atom is 0.337 e. The lowest BCUT2D eigenvalue weighted by atomic mass is 10.1. The van der Waals surface area contributed by atoms with Crippen LogP contribution in [0.3, 0.4) is 0 Å². The molecule has 1 aliphatic heterocycles. The van der Waals surface area contributed by atoms with Gasteiger partial charge in [0, 0.05) is 5.69 Å². The molecule has 1 fully saturated rings. The summed E-state index contributed by atoms with van der Waals surface area (Å²) in [4.78, 5) is 13.3. The van der Waals surface area contributed by atoms with E-state index in [1.165, 1.54) is 7.11 Å². The molecule has 0 bridgehead atoms. The molecule has 1 aliphatic rings. The molecule has 0 unspecified atom stereocenters. The monoisotopic (exact) mass is 294 g/mol. The van der Waals surface area contributed by atoms with Gasteiger partial charge in [-0.25, -0.2) is 4.79 Å². The van der Waals surface area contributed by atoms with Crippen molar-refractivity contribution in [1.29, 1.82) is 0 Å². The number of hydrogen-bond donors (Lipinski definition) is 1. The molecule has 0 amide bonds. The second-order valence-electron chi connectivity index (χ2n) is 5.22. The molecule has 0 aliphatic carbocycles. The van der Waals surface area contributed by atoms with E-state index in [2.05, 4.69) is 23.9 Å². The van der Waals surface area contributed by atoms with Crippen molar-refractivity contribution in [2.45, 2.75) is 19.4 Å². The summed E-state index contributed by atoms with van der Waals surface area (Å²) in [7, 11) is 1.36. The van der Waals surface area contributed by atoms with Crippen molar-refractivity contribution in [3.8, 4) is 0 Å². The van der Waals surface area contributed by atoms with Gasteiger partial charge in [-0.15, -0.1) is 0 Å². The molecule has 6 heteroatoms. The predicted molar refractivity (Wildman–Crippen MR) is 80.7 cm³/mol. The summed E-state index contributed by atoms with van der Waals surface area (Å²) in [6.07, 6.45) is 0. The van der Waals surface area contributed by atoms with Gasteiger partial charge < -0.3 is 19.7 Å². The van der Waals surface area contributed by atoms with Gasteiger partial charge in [0.2, 0.25) is 0 Å². The highest BCUT2D eigenvalue weighted by molar-refractivity contribution is 7.80. The van der Waals surface area contributed by atoms with E-state index in [0.29, 0.717) is 24.0 Å². The minimum absolute atomic E-state index is 0.115. The molecule has 1 saturated heterocycles. The quantitative estimate of drug-likeness (QED) is 0.667. The van der Waals surface area contributed by atoms with Crippen molar-refractivity contribution >= 4 is 29.0 Å². The largest absolute Gasteiger partial charge is 0.465 e. The molecule has 1 aromatic carbocycles. The molecule has 108 valence electrons. The summed E-state index contributed by atoms with van der Waals surface area (Å²) in [6.45, 7) is 5.29. The van der Waals surface area contributed by atoms with E-state index in [1.54, 1.807) is 24.3 Å². The molecule has 0 atom stereocenters. The number of nitrogens with one attached hydrogen (secondary N) is 1. The highest BCUT2D eigenvalue weighted by Crippen LogP contribution is 2.23. The van der Waals surface area contributed by atoms with Crippen LogP contribution in [0.5, 0.6) is 0 Å². The number of carbonyl (C=O) groups is 1. The first-order valence-corrected chi connectivity index (χ1v) is 6.69. The fourth-order valence-electron chi connectivity index (χ4n) is 1.97. The highest BCUT2D eigenvalue weighted by Gasteiger charge is 2.34. The van der Waals surface area contributed by atoms with Crippen LogP contribution in [0, 0.1) is 0 Å². The van der Waals surface area contributed by atoms with Crippen LogP contribution < -0.4 is 5.32 Å². The number of thiocarbonyl (C=S) groups is 1. The number of benzene rings is 1. The van der Waals surface area contributed by atoms with E-state index < -0.39 is 0 Å². The van der Waals surface area contributed by atoms with Crippen LogP contribution in [-0.2, 0) is 9.47 Å². The van der Waals surface area contributed by atoms with Crippen molar-refractivity contribution in [3.05, 3.63) is 29.8 Å². The van der Waals surface area contributed by atoms with Gasteiger partial charge in [-0.2, -0.15) is 0 Å². The molecule has 5 nitrogen and oxygen atoms in total. The Balaban J connectivity index is 2.03. The topological polar surface area (TPSA) is 50.8 Å². The van der Waals surface area contributed by atoms with E-state index >= 15 is 0 Å². The Hall–Kier alpha value is -1.66. The number of anilines is 1. The second-order valence-corrected chi connectivity index (χ2v) is 5.60. The Morgan fingerprint density at radius 2 is 2.05 bits per heavy atom. The standard InChI is InChI=1S/C14H18N2O3S/c1-14(2)8-19-9-16(14)13(20)15-11-6-4-10(5-7-11)12(17)18-3/h4-7H,8-9H2,1-3H3,(H,15,20). The average molecular weight is 294 g/mol. The molecule has 0 saturated carbocycles. The van der Waals surface area contributed by atoms with E-state index in [0.717, 1.165) is 5.69 Å². The SMILES string of the molecule is COC(=O)c1ccc(NC(=S)N2COCC2(C)C)cc1. The first-order valence-electron chi connectivity index (χ1n) is 6.29. The number of rotatable bonds is 2. The Bertz CT molecular complexity index is 514. The number of ether oxygens (including phenoxy) is 2. The summed E-state index contributed by atoms with van der Waals surface area (Å²) in [5.74, 6) is -0.354. The fourth-order valence-corrected chi connectivity index (χ4v) is 2.39. The lowest BCUT2D eigenvalue weighted by Gasteiger charge is -2.31. The molecule has 0 aromatic heterocycles. The lowest BCUT2D eigenvalue weighted by Crippen LogP contribution is -2.46. The maximum atomic E-state index is 11.3. The van der Waals surface area contributed by atoms with E-state index in [-0.39, 0.29) is 11.5 Å². The second kappa shape index (κ2) is 5.76. The summed E-state index contributed by atoms with van der Waals surface area (Å²) >= 11 is 5.40. The van der Waals surface area contributed by atoms with Crippen LogP contribution in [0.4, 0.5) is 5.69 Å². The predicted octanol–water partition coefficient (Wildman–Crippen LogP) is 2.24. The molecule has 2 rings (SSSR count). The third-order valence-electron chi connectivity index (χ3n) is 3.21. The smallest absolute Gasteiger partial charge is 0.337 e. The fraction of sp³-hybridized carbons (Fsp3) is 0.429. The van der Waals surface area contributed by atoms with Gasteiger partial charge >= 0.3 is 5.97 Å². The van der Waals surface area contributed by atoms with Crippen molar-refractivity contribution in [2.75, 3.05) is 25.8 Å². The molecule has 1 heterocycles. The summed E-state index contributed by atoms with van der Waals surface area (Å²) in [5.41, 5.74) is 1.22. The van der Waals surface area contributed by atoms with Crippen LogP contribution in [0.15, 0.2) is 24.3 Å². The molecular formula is C14H18N2O3S. The summed E-state index contributed by atoms with van der Waals surface area (Å²) in [5, 5.41) is 3.76. The normalized spacial score (nSPS) is 16.9. The van der Waals surface area contributed by atoms with Gasteiger partial charge in [-0.05, 0) is 50.3 Å². The zero-order valence-electron chi connectivity index (χ0n) is 11.8. The van der Waals surface area contributed by atoms with Crippen LogP contribution in [-0.4, -0.2) is 42.0 Å².